The summed E-state index contributed by atoms with van der Waals surface area (Å²) in [5, 5.41) is 3.58. The first-order valence-electron chi connectivity index (χ1n) is 6.58. The number of nitrogens with zero attached hydrogens (tertiary/aromatic N) is 1. The van der Waals surface area contributed by atoms with E-state index in [9.17, 15) is 0 Å². The summed E-state index contributed by atoms with van der Waals surface area (Å²) in [5.41, 5.74) is 1.25. The van der Waals surface area contributed by atoms with Crippen molar-refractivity contribution in [2.75, 3.05) is 11.9 Å². The van der Waals surface area contributed by atoms with Gasteiger partial charge in [0, 0.05) is 30.7 Å². The van der Waals surface area contributed by atoms with Crippen molar-refractivity contribution in [3.63, 3.8) is 0 Å². The quantitative estimate of drug-likeness (QED) is 0.868. The van der Waals surface area contributed by atoms with Crippen LogP contribution in [0.3, 0.4) is 0 Å². The van der Waals surface area contributed by atoms with Crippen molar-refractivity contribution in [1.82, 2.24) is 4.98 Å². The highest BCUT2D eigenvalue weighted by atomic mass is 16.5. The molecule has 0 aliphatic carbocycles. The Morgan fingerprint density at radius 2 is 2.06 bits per heavy atom. The summed E-state index contributed by atoms with van der Waals surface area (Å²) in [5.74, 6) is 0. The molecule has 1 aromatic heterocycles. The first kappa shape index (κ1) is 12.4. The molecule has 1 aliphatic rings. The molecule has 1 fully saturated rings. The molecule has 3 heteroatoms. The standard InChI is InChI=1S/C14H22N2O/c1-3-14(4-2)11-13(7-10-17-14)16-12-5-8-15-9-6-12/h5-6,8-9,13H,3-4,7,10-11H2,1-2H3,(H,15,16). The van der Waals surface area contributed by atoms with E-state index in [1.807, 2.05) is 24.5 Å². The summed E-state index contributed by atoms with van der Waals surface area (Å²) in [4.78, 5) is 4.03. The predicted octanol–water partition coefficient (Wildman–Crippen LogP) is 3.23. The van der Waals surface area contributed by atoms with Gasteiger partial charge in [0.1, 0.15) is 0 Å². The lowest BCUT2D eigenvalue weighted by Crippen LogP contribution is -2.43. The van der Waals surface area contributed by atoms with Crippen molar-refractivity contribution in [3.05, 3.63) is 24.5 Å². The molecule has 17 heavy (non-hydrogen) atoms. The molecular formula is C14H22N2O. The number of pyridine rings is 1. The van der Waals surface area contributed by atoms with Gasteiger partial charge in [0.25, 0.3) is 0 Å². The molecule has 0 spiro atoms. The van der Waals surface area contributed by atoms with Gasteiger partial charge in [-0.15, -0.1) is 0 Å². The van der Waals surface area contributed by atoms with Gasteiger partial charge in [0.15, 0.2) is 0 Å². The molecule has 1 atom stereocenters. The van der Waals surface area contributed by atoms with Gasteiger partial charge in [-0.3, -0.25) is 4.98 Å². The Hall–Kier alpha value is -1.09. The van der Waals surface area contributed by atoms with Crippen molar-refractivity contribution in [2.45, 2.75) is 51.2 Å². The van der Waals surface area contributed by atoms with Gasteiger partial charge >= 0.3 is 0 Å². The van der Waals surface area contributed by atoms with Crippen molar-refractivity contribution >= 4 is 5.69 Å². The molecule has 1 aromatic rings. The second kappa shape index (κ2) is 5.50. The van der Waals surface area contributed by atoms with Gasteiger partial charge in [-0.1, -0.05) is 13.8 Å². The summed E-state index contributed by atoms with van der Waals surface area (Å²) < 4.78 is 5.98. The summed E-state index contributed by atoms with van der Waals surface area (Å²) in [7, 11) is 0. The van der Waals surface area contributed by atoms with Crippen LogP contribution in [-0.2, 0) is 4.74 Å². The monoisotopic (exact) mass is 234 g/mol. The summed E-state index contributed by atoms with van der Waals surface area (Å²) in [6, 6.07) is 4.57. The van der Waals surface area contributed by atoms with E-state index in [1.54, 1.807) is 0 Å². The zero-order chi connectivity index (χ0) is 12.1. The van der Waals surface area contributed by atoms with E-state index >= 15 is 0 Å². The molecule has 3 nitrogen and oxygen atoms in total. The van der Waals surface area contributed by atoms with Gasteiger partial charge < -0.3 is 10.1 Å². The Morgan fingerprint density at radius 3 is 2.71 bits per heavy atom. The van der Waals surface area contributed by atoms with Crippen molar-refractivity contribution in [3.8, 4) is 0 Å². The Morgan fingerprint density at radius 1 is 1.35 bits per heavy atom. The van der Waals surface area contributed by atoms with Crippen LogP contribution < -0.4 is 5.32 Å². The van der Waals surface area contributed by atoms with Gasteiger partial charge in [0.05, 0.1) is 5.60 Å². The lowest BCUT2D eigenvalue weighted by atomic mass is 9.86. The Bertz CT molecular complexity index is 335. The molecule has 1 aliphatic heterocycles. The van der Waals surface area contributed by atoms with E-state index in [2.05, 4.69) is 24.1 Å². The largest absolute Gasteiger partial charge is 0.382 e. The number of hydrogen-bond donors (Lipinski definition) is 1. The van der Waals surface area contributed by atoms with Crippen LogP contribution in [0.4, 0.5) is 5.69 Å². The van der Waals surface area contributed by atoms with E-state index in [4.69, 9.17) is 4.74 Å². The molecule has 1 N–H and O–H groups in total. The number of aromatic nitrogens is 1. The zero-order valence-electron chi connectivity index (χ0n) is 10.8. The normalized spacial score (nSPS) is 23.3. The summed E-state index contributed by atoms with van der Waals surface area (Å²) in [6.45, 7) is 5.31. The topological polar surface area (TPSA) is 34.2 Å². The number of anilines is 1. The Kier molecular flexibility index (Phi) is 4.00. The van der Waals surface area contributed by atoms with Crippen LogP contribution in [-0.4, -0.2) is 23.2 Å². The van der Waals surface area contributed by atoms with E-state index in [0.29, 0.717) is 6.04 Å². The third kappa shape index (κ3) is 2.97. The first-order valence-corrected chi connectivity index (χ1v) is 6.58. The summed E-state index contributed by atoms with van der Waals surface area (Å²) >= 11 is 0. The number of rotatable bonds is 4. The lowest BCUT2D eigenvalue weighted by molar-refractivity contribution is -0.0864. The van der Waals surface area contributed by atoms with Gasteiger partial charge in [0.2, 0.25) is 0 Å². The molecule has 0 aromatic carbocycles. The van der Waals surface area contributed by atoms with Crippen molar-refractivity contribution in [2.24, 2.45) is 0 Å². The minimum atomic E-state index is 0.0863. The second-order valence-electron chi connectivity index (χ2n) is 4.81. The average Bonchev–Trinajstić information content (AvgIpc) is 2.40. The molecule has 1 saturated heterocycles. The van der Waals surface area contributed by atoms with Crippen LogP contribution in [0.1, 0.15) is 39.5 Å². The van der Waals surface area contributed by atoms with E-state index in [-0.39, 0.29) is 5.60 Å². The Labute approximate surface area is 104 Å². The SMILES string of the molecule is CCC1(CC)CC(Nc2ccncc2)CCO1. The number of ether oxygens (including phenoxy) is 1. The van der Waals surface area contributed by atoms with Crippen molar-refractivity contribution in [1.29, 1.82) is 0 Å². The predicted molar refractivity (Wildman–Crippen MR) is 70.1 cm³/mol. The van der Waals surface area contributed by atoms with Gasteiger partial charge in [-0.05, 0) is 37.8 Å². The maximum Gasteiger partial charge on any atom is 0.0696 e. The molecule has 0 radical (unpaired) electrons. The van der Waals surface area contributed by atoms with E-state index in [0.717, 1.165) is 38.0 Å². The van der Waals surface area contributed by atoms with Gasteiger partial charge in [-0.25, -0.2) is 0 Å². The highest BCUT2D eigenvalue weighted by Gasteiger charge is 2.34. The average molecular weight is 234 g/mol. The van der Waals surface area contributed by atoms with E-state index < -0.39 is 0 Å². The van der Waals surface area contributed by atoms with E-state index in [1.165, 1.54) is 0 Å². The number of hydrogen-bond acceptors (Lipinski definition) is 3. The van der Waals surface area contributed by atoms with Crippen LogP contribution >= 0.6 is 0 Å². The molecule has 1 unspecified atom stereocenters. The molecule has 0 bridgehead atoms. The van der Waals surface area contributed by atoms with Crippen LogP contribution in [0.25, 0.3) is 0 Å². The zero-order valence-corrected chi connectivity index (χ0v) is 10.8. The third-order valence-corrected chi connectivity index (χ3v) is 3.83. The number of nitrogens with one attached hydrogen (secondary N) is 1. The fourth-order valence-electron chi connectivity index (χ4n) is 2.58. The van der Waals surface area contributed by atoms with Crippen LogP contribution in [0, 0.1) is 0 Å². The molecule has 2 heterocycles. The molecule has 0 amide bonds. The highest BCUT2D eigenvalue weighted by Crippen LogP contribution is 2.32. The van der Waals surface area contributed by atoms with Crippen molar-refractivity contribution < 1.29 is 4.74 Å². The molecule has 94 valence electrons. The minimum Gasteiger partial charge on any atom is -0.382 e. The first-order chi connectivity index (χ1) is 8.28. The molecular weight excluding hydrogens is 212 g/mol. The second-order valence-corrected chi connectivity index (χ2v) is 4.81. The maximum atomic E-state index is 5.98. The van der Waals surface area contributed by atoms with Gasteiger partial charge in [-0.2, -0.15) is 0 Å². The smallest absolute Gasteiger partial charge is 0.0696 e. The summed E-state index contributed by atoms with van der Waals surface area (Å²) in [6.07, 6.45) is 8.03. The lowest BCUT2D eigenvalue weighted by Gasteiger charge is -2.40. The molecule has 2 rings (SSSR count). The third-order valence-electron chi connectivity index (χ3n) is 3.83. The fraction of sp³-hybridized carbons (Fsp3) is 0.643. The fourth-order valence-corrected chi connectivity index (χ4v) is 2.58. The minimum absolute atomic E-state index is 0.0863. The van der Waals surface area contributed by atoms with Crippen LogP contribution in [0.15, 0.2) is 24.5 Å². The molecule has 0 saturated carbocycles. The highest BCUT2D eigenvalue weighted by molar-refractivity contribution is 5.41. The Balaban J connectivity index is 1.98. The van der Waals surface area contributed by atoms with Crippen LogP contribution in [0.2, 0.25) is 0 Å². The maximum absolute atomic E-state index is 5.98. The van der Waals surface area contributed by atoms with Crippen LogP contribution in [0.5, 0.6) is 0 Å².